The van der Waals surface area contributed by atoms with Crippen LogP contribution in [-0.2, 0) is 22.3 Å². The number of imidazole rings is 1. The highest BCUT2D eigenvalue weighted by atomic mass is 32.2. The Balaban J connectivity index is 1.57. The summed E-state index contributed by atoms with van der Waals surface area (Å²) < 4.78 is 29.3. The quantitative estimate of drug-likeness (QED) is 0.693. The fourth-order valence-electron chi connectivity index (χ4n) is 3.67. The molecule has 0 unspecified atom stereocenters. The first-order valence-electron chi connectivity index (χ1n) is 8.91. The van der Waals surface area contributed by atoms with Crippen LogP contribution in [0, 0.1) is 0 Å². The van der Waals surface area contributed by atoms with E-state index in [0.717, 1.165) is 35.5 Å². The molecule has 3 aromatic rings. The van der Waals surface area contributed by atoms with Crippen molar-refractivity contribution < 1.29 is 8.42 Å². The minimum atomic E-state index is -3.32. The van der Waals surface area contributed by atoms with Crippen LogP contribution in [0.5, 0.6) is 0 Å². The largest absolute Gasteiger partial charge is 0.313 e. The molecule has 1 atom stereocenters. The van der Waals surface area contributed by atoms with E-state index in [2.05, 4.69) is 16.5 Å². The highest BCUT2D eigenvalue weighted by Crippen LogP contribution is 2.31. The number of pyridine rings is 1. The summed E-state index contributed by atoms with van der Waals surface area (Å²) in [5.74, 6) is 1.10. The molecule has 1 aliphatic rings. The molecule has 1 aliphatic heterocycles. The van der Waals surface area contributed by atoms with Crippen LogP contribution in [0.25, 0.3) is 11.2 Å². The van der Waals surface area contributed by atoms with Gasteiger partial charge >= 0.3 is 0 Å². The lowest BCUT2D eigenvalue weighted by Crippen LogP contribution is -2.30. The molecule has 0 radical (unpaired) electrons. The molecule has 1 fully saturated rings. The minimum Gasteiger partial charge on any atom is -0.313 e. The summed E-state index contributed by atoms with van der Waals surface area (Å²) in [5, 5.41) is 0. The van der Waals surface area contributed by atoms with E-state index >= 15 is 0 Å². The van der Waals surface area contributed by atoms with Gasteiger partial charge in [-0.2, -0.15) is 0 Å². The van der Waals surface area contributed by atoms with Crippen LogP contribution in [0.1, 0.15) is 30.7 Å². The first-order chi connectivity index (χ1) is 12.6. The van der Waals surface area contributed by atoms with E-state index in [9.17, 15) is 8.42 Å². The Bertz CT molecular complexity index is 1010. The molecule has 7 heteroatoms. The van der Waals surface area contributed by atoms with Crippen molar-refractivity contribution in [3.05, 3.63) is 60.0 Å². The molecule has 1 saturated heterocycles. The number of hydrogen-bond donors (Lipinski definition) is 0. The predicted octanol–water partition coefficient (Wildman–Crippen LogP) is 2.77. The van der Waals surface area contributed by atoms with Gasteiger partial charge in [0.25, 0.3) is 0 Å². The number of aromatic nitrogens is 3. The molecule has 0 amide bonds. The van der Waals surface area contributed by atoms with Crippen molar-refractivity contribution in [2.45, 2.75) is 31.6 Å². The summed E-state index contributed by atoms with van der Waals surface area (Å²) >= 11 is 0. The van der Waals surface area contributed by atoms with Crippen molar-refractivity contribution in [2.75, 3.05) is 13.1 Å². The Hall–Kier alpha value is -2.25. The number of benzene rings is 1. The maximum Gasteiger partial charge on any atom is 0.218 e. The monoisotopic (exact) mass is 370 g/mol. The highest BCUT2D eigenvalue weighted by molar-refractivity contribution is 7.88. The summed E-state index contributed by atoms with van der Waals surface area (Å²) in [6, 6.07) is 13.2. The normalized spacial score (nSPS) is 18.6. The van der Waals surface area contributed by atoms with Crippen molar-refractivity contribution >= 4 is 21.2 Å². The van der Waals surface area contributed by atoms with Gasteiger partial charge in [0.2, 0.25) is 10.0 Å². The number of aryl methyl sites for hydroxylation is 1. The first kappa shape index (κ1) is 17.2. The average molecular weight is 370 g/mol. The van der Waals surface area contributed by atoms with Gasteiger partial charge in [0.1, 0.15) is 11.3 Å². The van der Waals surface area contributed by atoms with Gasteiger partial charge in [0.05, 0.1) is 5.75 Å². The molecule has 0 N–H and O–H groups in total. The number of rotatable bonds is 5. The highest BCUT2D eigenvalue weighted by Gasteiger charge is 2.34. The fourth-order valence-corrected chi connectivity index (χ4v) is 5.25. The molecule has 2 aromatic heterocycles. The fraction of sp³-hybridized carbons (Fsp3) is 0.368. The van der Waals surface area contributed by atoms with Gasteiger partial charge in [-0.15, -0.1) is 0 Å². The van der Waals surface area contributed by atoms with E-state index in [1.807, 2.05) is 42.5 Å². The van der Waals surface area contributed by atoms with Crippen molar-refractivity contribution in [1.82, 2.24) is 18.8 Å². The lowest BCUT2D eigenvalue weighted by molar-refractivity contribution is 0.468. The molecule has 3 heterocycles. The molecule has 4 rings (SSSR count). The summed E-state index contributed by atoms with van der Waals surface area (Å²) in [6.45, 7) is 3.87. The van der Waals surface area contributed by atoms with Gasteiger partial charge in [-0.25, -0.2) is 22.7 Å². The molecular weight excluding hydrogens is 348 g/mol. The van der Waals surface area contributed by atoms with E-state index in [1.165, 1.54) is 0 Å². The van der Waals surface area contributed by atoms with E-state index in [-0.39, 0.29) is 11.7 Å². The lowest BCUT2D eigenvalue weighted by Gasteiger charge is -2.17. The molecule has 6 nitrogen and oxygen atoms in total. The Labute approximate surface area is 153 Å². The molecule has 26 heavy (non-hydrogen) atoms. The number of nitrogens with zero attached hydrogens (tertiary/aromatic N) is 4. The van der Waals surface area contributed by atoms with E-state index in [4.69, 9.17) is 4.98 Å². The maximum atomic E-state index is 12.8. The van der Waals surface area contributed by atoms with Crippen molar-refractivity contribution in [1.29, 1.82) is 0 Å². The minimum absolute atomic E-state index is 0.0479. The number of hydrogen-bond acceptors (Lipinski definition) is 4. The number of sulfonamides is 1. The van der Waals surface area contributed by atoms with Gasteiger partial charge < -0.3 is 4.57 Å². The molecule has 0 saturated carbocycles. The number of fused-ring (bicyclic) bond motifs is 1. The first-order valence-corrected chi connectivity index (χ1v) is 10.5. The summed E-state index contributed by atoms with van der Waals surface area (Å²) in [5.41, 5.74) is 2.56. The Morgan fingerprint density at radius 2 is 1.96 bits per heavy atom. The van der Waals surface area contributed by atoms with Gasteiger partial charge in [0.15, 0.2) is 5.65 Å². The maximum absolute atomic E-state index is 12.8. The lowest BCUT2D eigenvalue weighted by atomic mass is 10.1. The third-order valence-corrected chi connectivity index (χ3v) is 6.77. The summed E-state index contributed by atoms with van der Waals surface area (Å²) in [4.78, 5) is 9.18. The molecular formula is C19H22N4O2S. The van der Waals surface area contributed by atoms with E-state index in [0.29, 0.717) is 13.1 Å². The smallest absolute Gasteiger partial charge is 0.218 e. The zero-order chi connectivity index (χ0) is 18.1. The zero-order valence-corrected chi connectivity index (χ0v) is 15.6. The standard InChI is InChI=1S/C19H22N4O2S/c1-2-23-18(21-17-9-6-11-20-19(17)23)16-10-12-22(13-16)26(24,25)14-15-7-4-3-5-8-15/h3-9,11,16H,2,10,12-14H2,1H3/t16-/m0/s1. The summed E-state index contributed by atoms with van der Waals surface area (Å²) in [7, 11) is -3.32. The van der Waals surface area contributed by atoms with Crippen molar-refractivity contribution in [3.63, 3.8) is 0 Å². The van der Waals surface area contributed by atoms with E-state index < -0.39 is 10.0 Å². The molecule has 0 aliphatic carbocycles. The van der Waals surface area contributed by atoms with Crippen LogP contribution in [0.4, 0.5) is 0 Å². The SMILES string of the molecule is CCn1c([C@H]2CCN(S(=O)(=O)Cc3ccccc3)C2)nc2cccnc21. The van der Waals surface area contributed by atoms with Crippen LogP contribution in [0.2, 0.25) is 0 Å². The topological polar surface area (TPSA) is 68.1 Å². The zero-order valence-electron chi connectivity index (χ0n) is 14.7. The second kappa shape index (κ2) is 6.81. The molecule has 0 bridgehead atoms. The molecule has 0 spiro atoms. The second-order valence-corrected chi connectivity index (χ2v) is 8.61. The van der Waals surface area contributed by atoms with Crippen molar-refractivity contribution in [2.24, 2.45) is 0 Å². The van der Waals surface area contributed by atoms with E-state index in [1.54, 1.807) is 10.5 Å². The Kier molecular flexibility index (Phi) is 4.50. The Morgan fingerprint density at radius 1 is 1.15 bits per heavy atom. The van der Waals surface area contributed by atoms with Gasteiger partial charge in [-0.3, -0.25) is 0 Å². The van der Waals surface area contributed by atoms with Crippen LogP contribution in [-0.4, -0.2) is 40.3 Å². The summed E-state index contributed by atoms with van der Waals surface area (Å²) in [6.07, 6.45) is 2.56. The third kappa shape index (κ3) is 3.12. The third-order valence-electron chi connectivity index (χ3n) is 4.95. The van der Waals surface area contributed by atoms with Crippen LogP contribution >= 0.6 is 0 Å². The van der Waals surface area contributed by atoms with Gasteiger partial charge in [-0.1, -0.05) is 30.3 Å². The van der Waals surface area contributed by atoms with Gasteiger partial charge in [0, 0.05) is 31.7 Å². The average Bonchev–Trinajstić information content (AvgIpc) is 3.27. The van der Waals surface area contributed by atoms with Crippen molar-refractivity contribution in [3.8, 4) is 0 Å². The van der Waals surface area contributed by atoms with Crippen LogP contribution in [0.15, 0.2) is 48.7 Å². The molecule has 1 aromatic carbocycles. The van der Waals surface area contributed by atoms with Crippen LogP contribution < -0.4 is 0 Å². The molecule has 136 valence electrons. The van der Waals surface area contributed by atoms with Crippen LogP contribution in [0.3, 0.4) is 0 Å². The van der Waals surface area contributed by atoms with Gasteiger partial charge in [-0.05, 0) is 31.0 Å². The second-order valence-electron chi connectivity index (χ2n) is 6.65. The predicted molar refractivity (Wildman–Crippen MR) is 101 cm³/mol. The Morgan fingerprint density at radius 3 is 2.73 bits per heavy atom.